The van der Waals surface area contributed by atoms with Crippen LogP contribution < -0.4 is 10.6 Å². The molecule has 1 aromatic rings. The Balaban J connectivity index is 1.74. The molecule has 8 heteroatoms. The zero-order chi connectivity index (χ0) is 16.8. The molecule has 0 saturated heterocycles. The second kappa shape index (κ2) is 7.98. The zero-order valence-corrected chi connectivity index (χ0v) is 12.5. The van der Waals surface area contributed by atoms with Gasteiger partial charge in [0.25, 0.3) is 0 Å². The molecule has 0 aliphatic heterocycles. The van der Waals surface area contributed by atoms with Crippen LogP contribution in [0.2, 0.25) is 0 Å². The van der Waals surface area contributed by atoms with Crippen LogP contribution in [0, 0.1) is 11.6 Å². The van der Waals surface area contributed by atoms with E-state index in [0.29, 0.717) is 12.6 Å². The first-order valence-corrected chi connectivity index (χ1v) is 7.36. The number of benzene rings is 1. The highest BCUT2D eigenvalue weighted by Gasteiger charge is 2.29. The van der Waals surface area contributed by atoms with Crippen molar-refractivity contribution in [2.45, 2.75) is 18.9 Å². The van der Waals surface area contributed by atoms with Crippen LogP contribution >= 0.6 is 0 Å². The van der Waals surface area contributed by atoms with Gasteiger partial charge in [-0.05, 0) is 25.0 Å². The molecule has 2 rings (SSSR count). The topological polar surface area (TPSA) is 81.7 Å². The Bertz CT molecular complexity index is 579. The summed E-state index contributed by atoms with van der Waals surface area (Å²) in [5, 5.41) is 13.8. The van der Waals surface area contributed by atoms with E-state index >= 15 is 0 Å². The fourth-order valence-electron chi connectivity index (χ4n) is 2.16. The Morgan fingerprint density at radius 2 is 1.96 bits per heavy atom. The van der Waals surface area contributed by atoms with E-state index in [2.05, 4.69) is 10.6 Å². The summed E-state index contributed by atoms with van der Waals surface area (Å²) >= 11 is 0. The number of halogens is 2. The lowest BCUT2D eigenvalue weighted by molar-refractivity contribution is -0.125. The van der Waals surface area contributed by atoms with Crippen molar-refractivity contribution in [3.63, 3.8) is 0 Å². The molecule has 1 saturated carbocycles. The van der Waals surface area contributed by atoms with Gasteiger partial charge >= 0.3 is 0 Å². The number of rotatable bonds is 8. The number of aliphatic hydroxyl groups is 1. The number of nitrogens with zero attached hydrogens (tertiary/aromatic N) is 1. The van der Waals surface area contributed by atoms with Crippen LogP contribution in [0.1, 0.15) is 12.8 Å². The minimum atomic E-state index is -1.06. The van der Waals surface area contributed by atoms with Gasteiger partial charge in [0.1, 0.15) is 0 Å². The smallest absolute Gasteiger partial charge is 0.243 e. The van der Waals surface area contributed by atoms with Gasteiger partial charge < -0.3 is 15.7 Å². The molecular formula is C15H19F2N3O3. The first kappa shape index (κ1) is 17.3. The molecule has 6 nitrogen and oxygen atoms in total. The first-order chi connectivity index (χ1) is 11.0. The molecule has 1 aliphatic carbocycles. The van der Waals surface area contributed by atoms with E-state index in [1.165, 1.54) is 6.07 Å². The molecule has 1 aromatic carbocycles. The summed E-state index contributed by atoms with van der Waals surface area (Å²) in [5.74, 6) is -2.92. The van der Waals surface area contributed by atoms with Crippen LogP contribution in [0.4, 0.5) is 14.5 Å². The molecule has 1 aliphatic rings. The number of hydrogen-bond acceptors (Lipinski definition) is 4. The third-order valence-electron chi connectivity index (χ3n) is 3.45. The van der Waals surface area contributed by atoms with Crippen LogP contribution in [-0.4, -0.2) is 54.1 Å². The van der Waals surface area contributed by atoms with E-state index in [1.54, 1.807) is 0 Å². The summed E-state index contributed by atoms with van der Waals surface area (Å²) in [6, 6.07) is 3.33. The largest absolute Gasteiger partial charge is 0.395 e. The summed E-state index contributed by atoms with van der Waals surface area (Å²) in [6.45, 7) is 0.235. The average Bonchev–Trinajstić information content (AvgIpc) is 3.33. The first-order valence-electron chi connectivity index (χ1n) is 7.36. The summed E-state index contributed by atoms with van der Waals surface area (Å²) < 4.78 is 25.8. The molecule has 2 amide bonds. The number of aliphatic hydroxyl groups excluding tert-OH is 1. The second-order valence-electron chi connectivity index (χ2n) is 5.38. The number of carbonyl (C=O) groups is 2. The normalized spacial score (nSPS) is 13.9. The molecule has 0 spiro atoms. The maximum Gasteiger partial charge on any atom is 0.243 e. The van der Waals surface area contributed by atoms with Crippen molar-refractivity contribution in [3.05, 3.63) is 29.8 Å². The van der Waals surface area contributed by atoms with Crippen LogP contribution in [-0.2, 0) is 9.59 Å². The van der Waals surface area contributed by atoms with Crippen LogP contribution in [0.5, 0.6) is 0 Å². The molecule has 0 unspecified atom stereocenters. The second-order valence-corrected chi connectivity index (χ2v) is 5.38. The maximum atomic E-state index is 13.0. The highest BCUT2D eigenvalue weighted by atomic mass is 19.2. The predicted octanol–water partition coefficient (Wildman–Crippen LogP) is 0.476. The summed E-state index contributed by atoms with van der Waals surface area (Å²) in [6.07, 6.45) is 2.01. The van der Waals surface area contributed by atoms with Gasteiger partial charge in [0.05, 0.1) is 19.7 Å². The lowest BCUT2D eigenvalue weighted by atomic mass is 10.3. The van der Waals surface area contributed by atoms with Crippen LogP contribution in [0.15, 0.2) is 18.2 Å². The molecule has 0 heterocycles. The highest BCUT2D eigenvalue weighted by Crippen LogP contribution is 2.25. The van der Waals surface area contributed by atoms with Gasteiger partial charge in [-0.1, -0.05) is 0 Å². The molecule has 0 radical (unpaired) electrons. The number of anilines is 1. The van der Waals surface area contributed by atoms with Crippen molar-refractivity contribution in [3.8, 4) is 0 Å². The monoisotopic (exact) mass is 327 g/mol. The Morgan fingerprint density at radius 3 is 2.57 bits per heavy atom. The Morgan fingerprint density at radius 1 is 1.22 bits per heavy atom. The van der Waals surface area contributed by atoms with E-state index in [0.717, 1.165) is 25.0 Å². The van der Waals surface area contributed by atoms with Crippen LogP contribution in [0.25, 0.3) is 0 Å². The third-order valence-corrected chi connectivity index (χ3v) is 3.45. The van der Waals surface area contributed by atoms with E-state index in [9.17, 15) is 18.4 Å². The van der Waals surface area contributed by atoms with Crippen molar-refractivity contribution in [2.75, 3.05) is 31.6 Å². The molecule has 3 N–H and O–H groups in total. The van der Waals surface area contributed by atoms with Crippen molar-refractivity contribution < 1.29 is 23.5 Å². The third kappa shape index (κ3) is 5.57. The minimum absolute atomic E-state index is 0.0274. The van der Waals surface area contributed by atoms with Crippen molar-refractivity contribution >= 4 is 17.5 Å². The number of nitrogens with one attached hydrogen (secondary N) is 2. The molecular weight excluding hydrogens is 308 g/mol. The summed E-state index contributed by atoms with van der Waals surface area (Å²) in [4.78, 5) is 25.3. The fourth-order valence-corrected chi connectivity index (χ4v) is 2.16. The molecule has 126 valence electrons. The number of amides is 2. The minimum Gasteiger partial charge on any atom is -0.395 e. The number of carbonyl (C=O) groups excluding carboxylic acids is 2. The van der Waals surface area contributed by atoms with Crippen molar-refractivity contribution in [1.82, 2.24) is 10.2 Å². The fraction of sp³-hybridized carbons (Fsp3) is 0.467. The Hall–Kier alpha value is -2.06. The Kier molecular flexibility index (Phi) is 6.00. The lowest BCUT2D eigenvalue weighted by Gasteiger charge is -2.19. The summed E-state index contributed by atoms with van der Waals surface area (Å²) in [7, 11) is 0. The maximum absolute atomic E-state index is 13.0. The van der Waals surface area contributed by atoms with Crippen molar-refractivity contribution in [2.24, 2.45) is 0 Å². The van der Waals surface area contributed by atoms with E-state index in [1.807, 2.05) is 4.90 Å². The van der Waals surface area contributed by atoms with Gasteiger partial charge in [0, 0.05) is 24.3 Å². The van der Waals surface area contributed by atoms with E-state index in [-0.39, 0.29) is 31.3 Å². The van der Waals surface area contributed by atoms with Gasteiger partial charge in [0.15, 0.2) is 11.6 Å². The molecule has 23 heavy (non-hydrogen) atoms. The summed E-state index contributed by atoms with van der Waals surface area (Å²) in [5.41, 5.74) is 0.114. The molecule has 1 fully saturated rings. The molecule has 0 aromatic heterocycles. The molecule has 0 atom stereocenters. The average molecular weight is 327 g/mol. The van der Waals surface area contributed by atoms with Gasteiger partial charge in [-0.3, -0.25) is 14.5 Å². The highest BCUT2D eigenvalue weighted by molar-refractivity contribution is 5.94. The van der Waals surface area contributed by atoms with Gasteiger partial charge in [-0.2, -0.15) is 0 Å². The predicted molar refractivity (Wildman–Crippen MR) is 79.7 cm³/mol. The van der Waals surface area contributed by atoms with Gasteiger partial charge in [-0.15, -0.1) is 0 Å². The quantitative estimate of drug-likeness (QED) is 0.649. The Labute approximate surface area is 132 Å². The van der Waals surface area contributed by atoms with E-state index in [4.69, 9.17) is 5.11 Å². The lowest BCUT2D eigenvalue weighted by Crippen LogP contribution is -2.42. The van der Waals surface area contributed by atoms with Crippen molar-refractivity contribution in [1.29, 1.82) is 0 Å². The molecule has 0 bridgehead atoms. The number of hydrogen-bond donors (Lipinski definition) is 3. The van der Waals surface area contributed by atoms with E-state index < -0.39 is 17.5 Å². The van der Waals surface area contributed by atoms with Gasteiger partial charge in [0.2, 0.25) is 11.8 Å². The van der Waals surface area contributed by atoms with Crippen LogP contribution in [0.3, 0.4) is 0 Å². The SMILES string of the molecule is O=C(CN(CCO)C1CC1)NCC(=O)Nc1ccc(F)c(F)c1. The van der Waals surface area contributed by atoms with Gasteiger partial charge in [-0.25, -0.2) is 8.78 Å². The standard InChI is InChI=1S/C15H19F2N3O3/c16-12-4-1-10(7-13(12)17)19-14(22)8-18-15(23)9-20(5-6-21)11-2-3-11/h1,4,7,11,21H,2-3,5-6,8-9H2,(H,18,23)(H,19,22). The zero-order valence-electron chi connectivity index (χ0n) is 12.5.